The average Bonchev–Trinajstić information content (AvgIpc) is 3.03. The molecule has 0 unspecified atom stereocenters. The van der Waals surface area contributed by atoms with Gasteiger partial charge in [0.25, 0.3) is 0 Å². The standard InChI is InChI=1S/C18H13F2NO3S/c1-23-14-9-7-11(10-15(14)24-18(19)20)6-8-13(22)17-21-12-4-2-3-5-16(12)25-17/h2-10,18H,1H3/b8-6+. The molecular weight excluding hydrogens is 348 g/mol. The number of alkyl halides is 2. The maximum absolute atomic E-state index is 12.4. The van der Waals surface area contributed by atoms with E-state index in [1.54, 1.807) is 6.07 Å². The van der Waals surface area contributed by atoms with Gasteiger partial charge in [0.1, 0.15) is 0 Å². The summed E-state index contributed by atoms with van der Waals surface area (Å²) >= 11 is 1.30. The van der Waals surface area contributed by atoms with Crippen LogP contribution in [0.2, 0.25) is 0 Å². The van der Waals surface area contributed by atoms with E-state index in [1.807, 2.05) is 24.3 Å². The van der Waals surface area contributed by atoms with Crippen molar-refractivity contribution in [1.82, 2.24) is 4.98 Å². The van der Waals surface area contributed by atoms with E-state index < -0.39 is 6.61 Å². The van der Waals surface area contributed by atoms with Crippen LogP contribution in [0.3, 0.4) is 0 Å². The fraction of sp³-hybridized carbons (Fsp3) is 0.111. The van der Waals surface area contributed by atoms with E-state index in [1.165, 1.54) is 42.7 Å². The zero-order valence-corrected chi connectivity index (χ0v) is 13.9. The summed E-state index contributed by atoms with van der Waals surface area (Å²) < 4.78 is 35.2. The number of hydrogen-bond acceptors (Lipinski definition) is 5. The van der Waals surface area contributed by atoms with Crippen LogP contribution in [-0.2, 0) is 0 Å². The predicted molar refractivity (Wildman–Crippen MR) is 92.6 cm³/mol. The molecular formula is C18H13F2NO3S. The smallest absolute Gasteiger partial charge is 0.387 e. The van der Waals surface area contributed by atoms with E-state index in [2.05, 4.69) is 9.72 Å². The van der Waals surface area contributed by atoms with Crippen LogP contribution >= 0.6 is 11.3 Å². The predicted octanol–water partition coefficient (Wildman–Crippen LogP) is 4.80. The molecule has 25 heavy (non-hydrogen) atoms. The highest BCUT2D eigenvalue weighted by molar-refractivity contribution is 7.20. The second-order valence-corrected chi connectivity index (χ2v) is 6.00. The molecule has 7 heteroatoms. The van der Waals surface area contributed by atoms with Crippen molar-refractivity contribution in [1.29, 1.82) is 0 Å². The van der Waals surface area contributed by atoms with E-state index in [4.69, 9.17) is 4.74 Å². The Morgan fingerprint density at radius 1 is 1.20 bits per heavy atom. The van der Waals surface area contributed by atoms with Crippen LogP contribution in [-0.4, -0.2) is 24.5 Å². The van der Waals surface area contributed by atoms with E-state index in [0.717, 1.165) is 10.2 Å². The van der Waals surface area contributed by atoms with Gasteiger partial charge >= 0.3 is 6.61 Å². The molecule has 0 aliphatic heterocycles. The van der Waals surface area contributed by atoms with Gasteiger partial charge < -0.3 is 9.47 Å². The Balaban J connectivity index is 1.82. The van der Waals surface area contributed by atoms with Gasteiger partial charge in [-0.15, -0.1) is 11.3 Å². The van der Waals surface area contributed by atoms with Gasteiger partial charge in [-0.3, -0.25) is 4.79 Å². The number of carbonyl (C=O) groups excluding carboxylic acids is 1. The van der Waals surface area contributed by atoms with Gasteiger partial charge in [-0.2, -0.15) is 8.78 Å². The summed E-state index contributed by atoms with van der Waals surface area (Å²) in [7, 11) is 1.36. The van der Waals surface area contributed by atoms with Crippen LogP contribution in [0.5, 0.6) is 11.5 Å². The lowest BCUT2D eigenvalue weighted by molar-refractivity contribution is -0.0512. The van der Waals surface area contributed by atoms with Crippen LogP contribution in [0.15, 0.2) is 48.5 Å². The summed E-state index contributed by atoms with van der Waals surface area (Å²) in [6.45, 7) is -2.96. The first-order valence-corrected chi connectivity index (χ1v) is 8.09. The maximum atomic E-state index is 12.4. The van der Waals surface area contributed by atoms with Crippen molar-refractivity contribution in [2.75, 3.05) is 7.11 Å². The van der Waals surface area contributed by atoms with Crippen molar-refractivity contribution in [3.05, 3.63) is 59.1 Å². The first-order valence-electron chi connectivity index (χ1n) is 7.27. The Bertz CT molecular complexity index is 904. The van der Waals surface area contributed by atoms with E-state index in [-0.39, 0.29) is 17.3 Å². The Morgan fingerprint density at radius 3 is 2.72 bits per heavy atom. The second-order valence-electron chi connectivity index (χ2n) is 4.97. The summed E-state index contributed by atoms with van der Waals surface area (Å²) in [5.41, 5.74) is 1.30. The van der Waals surface area contributed by atoms with Crippen LogP contribution in [0.1, 0.15) is 15.4 Å². The third-order valence-corrected chi connectivity index (χ3v) is 4.39. The minimum Gasteiger partial charge on any atom is -0.493 e. The molecule has 0 aliphatic rings. The molecule has 4 nitrogen and oxygen atoms in total. The molecule has 0 bridgehead atoms. The number of fused-ring (bicyclic) bond motifs is 1. The summed E-state index contributed by atoms with van der Waals surface area (Å²) in [6.07, 6.45) is 2.87. The van der Waals surface area contributed by atoms with Crippen molar-refractivity contribution < 1.29 is 23.0 Å². The fourth-order valence-corrected chi connectivity index (χ4v) is 3.09. The van der Waals surface area contributed by atoms with Crippen molar-refractivity contribution >= 4 is 33.4 Å². The Labute approximate surface area is 146 Å². The van der Waals surface area contributed by atoms with Gasteiger partial charge in [0, 0.05) is 0 Å². The van der Waals surface area contributed by atoms with Crippen molar-refractivity contribution in [2.24, 2.45) is 0 Å². The molecule has 3 rings (SSSR count). The number of hydrogen-bond donors (Lipinski definition) is 0. The van der Waals surface area contributed by atoms with Crippen molar-refractivity contribution in [2.45, 2.75) is 6.61 Å². The minimum absolute atomic E-state index is 0.0907. The van der Waals surface area contributed by atoms with E-state index in [9.17, 15) is 13.6 Å². The number of ketones is 1. The molecule has 0 aliphatic carbocycles. The molecule has 2 aromatic carbocycles. The molecule has 0 amide bonds. The lowest BCUT2D eigenvalue weighted by Crippen LogP contribution is -2.03. The van der Waals surface area contributed by atoms with Crippen LogP contribution in [0.25, 0.3) is 16.3 Å². The number of rotatable bonds is 6. The molecule has 0 radical (unpaired) electrons. The number of benzene rings is 2. The van der Waals surface area contributed by atoms with Crippen molar-refractivity contribution in [3.63, 3.8) is 0 Å². The normalized spacial score (nSPS) is 11.4. The number of nitrogens with zero attached hydrogens (tertiary/aromatic N) is 1. The molecule has 1 aromatic heterocycles. The number of ether oxygens (including phenoxy) is 2. The lowest BCUT2D eigenvalue weighted by Gasteiger charge is -2.10. The number of carbonyl (C=O) groups is 1. The number of methoxy groups -OCH3 is 1. The summed E-state index contributed by atoms with van der Waals surface area (Å²) in [5.74, 6) is -0.157. The highest BCUT2D eigenvalue weighted by Crippen LogP contribution is 2.30. The van der Waals surface area contributed by atoms with Gasteiger partial charge in [-0.1, -0.05) is 24.3 Å². The van der Waals surface area contributed by atoms with Crippen LogP contribution in [0, 0.1) is 0 Å². The highest BCUT2D eigenvalue weighted by atomic mass is 32.1. The lowest BCUT2D eigenvalue weighted by atomic mass is 10.1. The Hall–Kier alpha value is -2.80. The first kappa shape index (κ1) is 17.0. The first-order chi connectivity index (χ1) is 12.1. The fourth-order valence-electron chi connectivity index (χ4n) is 2.21. The van der Waals surface area contributed by atoms with Gasteiger partial charge in [0.05, 0.1) is 17.3 Å². The zero-order chi connectivity index (χ0) is 17.8. The van der Waals surface area contributed by atoms with Crippen LogP contribution < -0.4 is 9.47 Å². The van der Waals surface area contributed by atoms with Crippen LogP contribution in [0.4, 0.5) is 8.78 Å². The molecule has 0 saturated carbocycles. The number of allylic oxidation sites excluding steroid dienone is 1. The molecule has 3 aromatic rings. The number of halogens is 2. The minimum atomic E-state index is -2.96. The number of para-hydroxylation sites is 1. The third-order valence-electron chi connectivity index (χ3n) is 3.34. The molecule has 0 spiro atoms. The largest absolute Gasteiger partial charge is 0.493 e. The van der Waals surface area contributed by atoms with E-state index in [0.29, 0.717) is 10.6 Å². The molecule has 0 fully saturated rings. The molecule has 1 heterocycles. The van der Waals surface area contributed by atoms with Gasteiger partial charge in [0.2, 0.25) is 5.78 Å². The summed E-state index contributed by atoms with van der Waals surface area (Å²) in [4.78, 5) is 16.5. The Morgan fingerprint density at radius 2 is 2.00 bits per heavy atom. The third kappa shape index (κ3) is 4.00. The molecule has 128 valence electrons. The zero-order valence-electron chi connectivity index (χ0n) is 13.1. The highest BCUT2D eigenvalue weighted by Gasteiger charge is 2.12. The monoisotopic (exact) mass is 361 g/mol. The molecule has 0 N–H and O–H groups in total. The Kier molecular flexibility index (Phi) is 5.04. The topological polar surface area (TPSA) is 48.4 Å². The van der Waals surface area contributed by atoms with Crippen molar-refractivity contribution in [3.8, 4) is 11.5 Å². The maximum Gasteiger partial charge on any atom is 0.387 e. The van der Waals surface area contributed by atoms with Gasteiger partial charge in [-0.05, 0) is 35.9 Å². The summed E-state index contributed by atoms with van der Waals surface area (Å²) in [6, 6.07) is 12.0. The second kappa shape index (κ2) is 7.40. The SMILES string of the molecule is COc1ccc(/C=C/C(=O)c2nc3ccccc3s2)cc1OC(F)F. The van der Waals surface area contributed by atoms with Gasteiger partial charge in [0.15, 0.2) is 16.5 Å². The quantitative estimate of drug-likeness (QED) is 0.467. The number of aromatic nitrogens is 1. The van der Waals surface area contributed by atoms with E-state index >= 15 is 0 Å². The molecule has 0 atom stereocenters. The molecule has 0 saturated heterocycles. The number of thiazole rings is 1. The average molecular weight is 361 g/mol. The summed E-state index contributed by atoms with van der Waals surface area (Å²) in [5, 5.41) is 0.370. The van der Waals surface area contributed by atoms with Gasteiger partial charge in [-0.25, -0.2) is 4.98 Å².